The summed E-state index contributed by atoms with van der Waals surface area (Å²) in [5.41, 5.74) is 2.23. The van der Waals surface area contributed by atoms with Crippen LogP contribution in [-0.4, -0.2) is 55.6 Å². The zero-order valence-corrected chi connectivity index (χ0v) is 12.6. The van der Waals surface area contributed by atoms with Crippen LogP contribution in [0.15, 0.2) is 24.3 Å². The Bertz CT molecular complexity index is 436. The molecule has 0 spiro atoms. The van der Waals surface area contributed by atoms with E-state index in [1.165, 1.54) is 5.56 Å². The highest BCUT2D eigenvalue weighted by Crippen LogP contribution is 2.24. The van der Waals surface area contributed by atoms with Crippen molar-refractivity contribution in [3.8, 4) is 0 Å². The van der Waals surface area contributed by atoms with Gasteiger partial charge in [0.2, 0.25) is 0 Å². The molecule has 2 rings (SSSR count). The third-order valence-electron chi connectivity index (χ3n) is 3.81. The summed E-state index contributed by atoms with van der Waals surface area (Å²) in [4.78, 5) is 16.8. The van der Waals surface area contributed by atoms with Gasteiger partial charge in [-0.2, -0.15) is 0 Å². The van der Waals surface area contributed by atoms with E-state index in [0.29, 0.717) is 6.61 Å². The lowest BCUT2D eigenvalue weighted by molar-refractivity contribution is -0.150. The Morgan fingerprint density at radius 1 is 1.20 bits per heavy atom. The first kappa shape index (κ1) is 15.0. The zero-order valence-electron chi connectivity index (χ0n) is 12.6. The molecule has 20 heavy (non-hydrogen) atoms. The number of ether oxygens (including phenoxy) is 1. The molecule has 0 N–H and O–H groups in total. The lowest BCUT2D eigenvalue weighted by atomic mass is 10.0. The maximum Gasteiger partial charge on any atom is 0.328 e. The van der Waals surface area contributed by atoms with Crippen molar-refractivity contribution in [2.75, 3.05) is 39.8 Å². The van der Waals surface area contributed by atoms with E-state index in [4.69, 9.17) is 4.74 Å². The van der Waals surface area contributed by atoms with Crippen molar-refractivity contribution in [3.63, 3.8) is 0 Å². The number of rotatable bonds is 4. The Morgan fingerprint density at radius 3 is 2.35 bits per heavy atom. The van der Waals surface area contributed by atoms with Crippen molar-refractivity contribution in [2.45, 2.75) is 19.9 Å². The second-order valence-corrected chi connectivity index (χ2v) is 5.40. The second kappa shape index (κ2) is 6.86. The number of nitrogens with zero attached hydrogens (tertiary/aromatic N) is 2. The van der Waals surface area contributed by atoms with E-state index < -0.39 is 0 Å². The molecule has 1 unspecified atom stereocenters. The van der Waals surface area contributed by atoms with Gasteiger partial charge in [0.25, 0.3) is 0 Å². The summed E-state index contributed by atoms with van der Waals surface area (Å²) >= 11 is 0. The van der Waals surface area contributed by atoms with E-state index in [1.807, 2.05) is 19.1 Å². The standard InChI is InChI=1S/C16H24N2O2/c1-4-20-16(19)15(14-7-5-13(2)6-8-14)18-11-9-17(3)10-12-18/h5-8,15H,4,9-12H2,1-3H3. The molecule has 0 aromatic heterocycles. The minimum atomic E-state index is -0.274. The van der Waals surface area contributed by atoms with Gasteiger partial charge in [-0.3, -0.25) is 4.90 Å². The fourth-order valence-corrected chi connectivity index (χ4v) is 2.55. The Morgan fingerprint density at radius 2 is 1.80 bits per heavy atom. The molecule has 1 atom stereocenters. The van der Waals surface area contributed by atoms with Crippen LogP contribution in [0, 0.1) is 6.92 Å². The van der Waals surface area contributed by atoms with Crippen molar-refractivity contribution in [3.05, 3.63) is 35.4 Å². The first-order valence-electron chi connectivity index (χ1n) is 7.27. The van der Waals surface area contributed by atoms with Crippen LogP contribution < -0.4 is 0 Å². The second-order valence-electron chi connectivity index (χ2n) is 5.40. The first-order chi connectivity index (χ1) is 9.61. The quantitative estimate of drug-likeness (QED) is 0.786. The molecule has 1 aliphatic heterocycles. The highest BCUT2D eigenvalue weighted by molar-refractivity contribution is 5.77. The van der Waals surface area contributed by atoms with E-state index in [9.17, 15) is 4.79 Å². The van der Waals surface area contributed by atoms with E-state index in [0.717, 1.165) is 31.7 Å². The maximum absolute atomic E-state index is 12.3. The fourth-order valence-electron chi connectivity index (χ4n) is 2.55. The summed E-state index contributed by atoms with van der Waals surface area (Å²) in [5, 5.41) is 0. The summed E-state index contributed by atoms with van der Waals surface area (Å²) in [5.74, 6) is -0.138. The largest absolute Gasteiger partial charge is 0.465 e. The molecule has 1 fully saturated rings. The Labute approximate surface area is 121 Å². The average molecular weight is 276 g/mol. The van der Waals surface area contributed by atoms with Crippen LogP contribution in [0.3, 0.4) is 0 Å². The van der Waals surface area contributed by atoms with Gasteiger partial charge in [-0.25, -0.2) is 4.79 Å². The number of piperazine rings is 1. The number of hydrogen-bond acceptors (Lipinski definition) is 4. The van der Waals surface area contributed by atoms with Crippen LogP contribution in [0.2, 0.25) is 0 Å². The highest BCUT2D eigenvalue weighted by Gasteiger charge is 2.30. The van der Waals surface area contributed by atoms with Crippen molar-refractivity contribution in [1.29, 1.82) is 0 Å². The molecule has 1 heterocycles. The molecule has 4 nitrogen and oxygen atoms in total. The molecule has 110 valence electrons. The number of hydrogen-bond donors (Lipinski definition) is 0. The van der Waals surface area contributed by atoms with Gasteiger partial charge in [0.15, 0.2) is 0 Å². The number of carbonyl (C=O) groups excluding carboxylic acids is 1. The predicted octanol–water partition coefficient (Wildman–Crippen LogP) is 1.85. The Kier molecular flexibility index (Phi) is 5.15. The fraction of sp³-hybridized carbons (Fsp3) is 0.562. The molecule has 0 bridgehead atoms. The van der Waals surface area contributed by atoms with E-state index >= 15 is 0 Å². The first-order valence-corrected chi connectivity index (χ1v) is 7.27. The lowest BCUT2D eigenvalue weighted by Crippen LogP contribution is -2.48. The average Bonchev–Trinajstić information content (AvgIpc) is 2.44. The summed E-state index contributed by atoms with van der Waals surface area (Å²) in [6.45, 7) is 8.10. The highest BCUT2D eigenvalue weighted by atomic mass is 16.5. The summed E-state index contributed by atoms with van der Waals surface area (Å²) < 4.78 is 5.27. The summed E-state index contributed by atoms with van der Waals surface area (Å²) in [6, 6.07) is 7.91. The van der Waals surface area contributed by atoms with Gasteiger partial charge < -0.3 is 9.64 Å². The van der Waals surface area contributed by atoms with Crippen LogP contribution in [0.4, 0.5) is 0 Å². The van der Waals surface area contributed by atoms with Crippen molar-refractivity contribution in [2.24, 2.45) is 0 Å². The van der Waals surface area contributed by atoms with E-state index in [2.05, 4.69) is 35.9 Å². The van der Waals surface area contributed by atoms with Crippen molar-refractivity contribution >= 4 is 5.97 Å². The Balaban J connectivity index is 2.20. The summed E-state index contributed by atoms with van der Waals surface area (Å²) in [6.07, 6.45) is 0. The van der Waals surface area contributed by atoms with Gasteiger partial charge in [0.1, 0.15) is 6.04 Å². The monoisotopic (exact) mass is 276 g/mol. The normalized spacial score (nSPS) is 18.8. The van der Waals surface area contributed by atoms with Crippen molar-refractivity contribution < 1.29 is 9.53 Å². The maximum atomic E-state index is 12.3. The zero-order chi connectivity index (χ0) is 14.5. The third kappa shape index (κ3) is 3.58. The van der Waals surface area contributed by atoms with Gasteiger partial charge in [-0.1, -0.05) is 29.8 Å². The number of benzene rings is 1. The van der Waals surface area contributed by atoms with Crippen LogP contribution in [0.1, 0.15) is 24.1 Å². The molecule has 0 aliphatic carbocycles. The van der Waals surface area contributed by atoms with Crippen LogP contribution in [0.25, 0.3) is 0 Å². The molecule has 1 aliphatic rings. The molecule has 0 saturated carbocycles. The van der Waals surface area contributed by atoms with Crippen LogP contribution in [-0.2, 0) is 9.53 Å². The van der Waals surface area contributed by atoms with Crippen LogP contribution >= 0.6 is 0 Å². The minimum Gasteiger partial charge on any atom is -0.465 e. The molecule has 4 heteroatoms. The molecular weight excluding hydrogens is 252 g/mol. The number of carbonyl (C=O) groups is 1. The van der Waals surface area contributed by atoms with E-state index in [1.54, 1.807) is 0 Å². The van der Waals surface area contributed by atoms with Gasteiger partial charge in [-0.05, 0) is 26.5 Å². The lowest BCUT2D eigenvalue weighted by Gasteiger charge is -2.36. The topological polar surface area (TPSA) is 32.8 Å². The van der Waals surface area contributed by atoms with Gasteiger partial charge in [0, 0.05) is 26.2 Å². The molecule has 1 aromatic carbocycles. The van der Waals surface area contributed by atoms with Crippen molar-refractivity contribution in [1.82, 2.24) is 9.80 Å². The number of aryl methyl sites for hydroxylation is 1. The molecule has 0 amide bonds. The third-order valence-corrected chi connectivity index (χ3v) is 3.81. The SMILES string of the molecule is CCOC(=O)C(c1ccc(C)cc1)N1CCN(C)CC1. The van der Waals surface area contributed by atoms with E-state index in [-0.39, 0.29) is 12.0 Å². The van der Waals surface area contributed by atoms with Gasteiger partial charge in [0.05, 0.1) is 6.61 Å². The molecule has 1 saturated heterocycles. The van der Waals surface area contributed by atoms with Gasteiger partial charge >= 0.3 is 5.97 Å². The smallest absolute Gasteiger partial charge is 0.328 e. The minimum absolute atomic E-state index is 0.138. The summed E-state index contributed by atoms with van der Waals surface area (Å²) in [7, 11) is 2.11. The molecule has 1 aromatic rings. The molecular formula is C16H24N2O2. The van der Waals surface area contributed by atoms with Crippen LogP contribution in [0.5, 0.6) is 0 Å². The molecule has 0 radical (unpaired) electrons. The van der Waals surface area contributed by atoms with Gasteiger partial charge in [-0.15, -0.1) is 0 Å². The number of esters is 1. The predicted molar refractivity (Wildman–Crippen MR) is 79.6 cm³/mol. The number of likely N-dealkylation sites (N-methyl/N-ethyl adjacent to an activating group) is 1. The Hall–Kier alpha value is -1.39.